The minimum atomic E-state index is -0.620. The highest BCUT2D eigenvalue weighted by Crippen LogP contribution is 2.37. The minimum Gasteiger partial charge on any atom is -0.493 e. The second kappa shape index (κ2) is 9.31. The molecule has 5 rings (SSSR count). The maximum absolute atomic E-state index is 13.0. The van der Waals surface area contributed by atoms with Crippen molar-refractivity contribution >= 4 is 37.9 Å². The number of benzene rings is 3. The fraction of sp³-hybridized carbons (Fsp3) is 0.111. The number of hydrogen-bond donors (Lipinski definition) is 0. The molecule has 0 aliphatic rings. The van der Waals surface area contributed by atoms with Crippen LogP contribution >= 0.6 is 15.9 Å². The molecule has 0 bridgehead atoms. The van der Waals surface area contributed by atoms with Gasteiger partial charge in [0.1, 0.15) is 17.9 Å². The number of rotatable bonds is 6. The molecular formula is C27H19BrO7. The van der Waals surface area contributed by atoms with Crippen LogP contribution in [0.3, 0.4) is 0 Å². The monoisotopic (exact) mass is 534 g/mol. The Labute approximate surface area is 207 Å². The van der Waals surface area contributed by atoms with Crippen LogP contribution in [0.4, 0.5) is 0 Å². The van der Waals surface area contributed by atoms with E-state index in [1.165, 1.54) is 20.3 Å². The van der Waals surface area contributed by atoms with Crippen LogP contribution in [-0.4, -0.2) is 14.2 Å². The molecule has 8 heteroatoms. The molecule has 0 saturated heterocycles. The summed E-state index contributed by atoms with van der Waals surface area (Å²) < 4.78 is 28.5. The highest BCUT2D eigenvalue weighted by molar-refractivity contribution is 9.10. The van der Waals surface area contributed by atoms with Gasteiger partial charge in [0.25, 0.3) is 0 Å². The largest absolute Gasteiger partial charge is 0.493 e. The van der Waals surface area contributed by atoms with Crippen LogP contribution < -0.4 is 25.5 Å². The number of halogens is 1. The Morgan fingerprint density at radius 2 is 1.71 bits per heavy atom. The fourth-order valence-corrected chi connectivity index (χ4v) is 4.38. The fourth-order valence-electron chi connectivity index (χ4n) is 3.93. The Kier molecular flexibility index (Phi) is 6.05. The molecule has 0 saturated carbocycles. The molecule has 0 aliphatic heterocycles. The summed E-state index contributed by atoms with van der Waals surface area (Å²) in [6.07, 6.45) is 0. The van der Waals surface area contributed by atoms with Crippen LogP contribution in [0, 0.1) is 0 Å². The van der Waals surface area contributed by atoms with E-state index in [9.17, 15) is 9.59 Å². The van der Waals surface area contributed by atoms with Crippen molar-refractivity contribution in [2.24, 2.45) is 0 Å². The van der Waals surface area contributed by atoms with Crippen molar-refractivity contribution in [2.45, 2.75) is 6.61 Å². The van der Waals surface area contributed by atoms with E-state index in [-0.39, 0.29) is 11.1 Å². The topological polar surface area (TPSA) is 88.1 Å². The van der Waals surface area contributed by atoms with E-state index in [0.717, 1.165) is 10.0 Å². The third-order valence-electron chi connectivity index (χ3n) is 5.55. The summed E-state index contributed by atoms with van der Waals surface area (Å²) in [5.74, 6) is 1.29. The lowest BCUT2D eigenvalue weighted by atomic mass is 10.0. The maximum Gasteiger partial charge on any atom is 0.344 e. The normalized spacial score (nSPS) is 11.1. The molecule has 0 unspecified atom stereocenters. The molecule has 5 aromatic rings. The lowest BCUT2D eigenvalue weighted by molar-refractivity contribution is 0.306. The van der Waals surface area contributed by atoms with Gasteiger partial charge >= 0.3 is 11.3 Å². The van der Waals surface area contributed by atoms with Crippen LogP contribution in [0.15, 0.2) is 89.6 Å². The zero-order valence-corrected chi connectivity index (χ0v) is 20.4. The Bertz CT molecular complexity index is 1680. The van der Waals surface area contributed by atoms with Gasteiger partial charge in [-0.1, -0.05) is 28.1 Å². The summed E-state index contributed by atoms with van der Waals surface area (Å²) >= 11 is 3.44. The average molecular weight is 535 g/mol. The maximum atomic E-state index is 13.0. The molecule has 0 atom stereocenters. The smallest absolute Gasteiger partial charge is 0.344 e. The van der Waals surface area contributed by atoms with Crippen LogP contribution in [0.1, 0.15) is 5.56 Å². The van der Waals surface area contributed by atoms with E-state index in [2.05, 4.69) is 15.9 Å². The third kappa shape index (κ3) is 4.40. The van der Waals surface area contributed by atoms with E-state index in [0.29, 0.717) is 45.8 Å². The van der Waals surface area contributed by atoms with Gasteiger partial charge in [0.05, 0.1) is 19.8 Å². The summed E-state index contributed by atoms with van der Waals surface area (Å²) in [5.41, 5.74) is 0.956. The van der Waals surface area contributed by atoms with Gasteiger partial charge in [-0.2, -0.15) is 0 Å². The lowest BCUT2D eigenvalue weighted by Crippen LogP contribution is -2.07. The number of fused-ring (bicyclic) bond motifs is 2. The molecule has 0 aliphatic carbocycles. The van der Waals surface area contributed by atoms with Crippen molar-refractivity contribution in [3.8, 4) is 28.4 Å². The van der Waals surface area contributed by atoms with Crippen LogP contribution in [0.25, 0.3) is 33.1 Å². The summed E-state index contributed by atoms with van der Waals surface area (Å²) in [4.78, 5) is 25.4. The van der Waals surface area contributed by atoms with E-state index in [1.54, 1.807) is 36.4 Å². The van der Waals surface area contributed by atoms with E-state index < -0.39 is 11.3 Å². The Morgan fingerprint density at radius 3 is 2.49 bits per heavy atom. The first kappa shape index (κ1) is 22.7. The summed E-state index contributed by atoms with van der Waals surface area (Å²) in [6, 6.07) is 19.3. The van der Waals surface area contributed by atoms with Crippen LogP contribution in [0.5, 0.6) is 17.2 Å². The molecular weight excluding hydrogens is 516 g/mol. The van der Waals surface area contributed by atoms with Crippen LogP contribution in [-0.2, 0) is 6.61 Å². The van der Waals surface area contributed by atoms with Gasteiger partial charge in [0.2, 0.25) is 5.75 Å². The van der Waals surface area contributed by atoms with Crippen molar-refractivity contribution in [1.29, 1.82) is 0 Å². The van der Waals surface area contributed by atoms with E-state index in [4.69, 9.17) is 23.0 Å². The van der Waals surface area contributed by atoms with Gasteiger partial charge in [-0.25, -0.2) is 9.59 Å². The van der Waals surface area contributed by atoms with Crippen molar-refractivity contribution in [3.05, 3.63) is 97.6 Å². The highest BCUT2D eigenvalue weighted by atomic mass is 79.9. The number of ether oxygens (including phenoxy) is 3. The molecule has 7 nitrogen and oxygen atoms in total. The molecule has 0 radical (unpaired) electrons. The Balaban J connectivity index is 1.58. The molecule has 0 amide bonds. The Hall–Kier alpha value is -4.04. The van der Waals surface area contributed by atoms with Crippen molar-refractivity contribution in [2.75, 3.05) is 14.2 Å². The van der Waals surface area contributed by atoms with Gasteiger partial charge in [0, 0.05) is 32.9 Å². The molecule has 0 spiro atoms. The van der Waals surface area contributed by atoms with Gasteiger partial charge in [-0.3, -0.25) is 0 Å². The summed E-state index contributed by atoms with van der Waals surface area (Å²) in [6.45, 7) is 0.342. The van der Waals surface area contributed by atoms with Gasteiger partial charge in [-0.05, 0) is 48.0 Å². The number of methoxy groups -OCH3 is 2. The van der Waals surface area contributed by atoms with Gasteiger partial charge < -0.3 is 23.0 Å². The van der Waals surface area contributed by atoms with Crippen molar-refractivity contribution in [3.63, 3.8) is 0 Å². The van der Waals surface area contributed by atoms with E-state index in [1.807, 2.05) is 24.3 Å². The van der Waals surface area contributed by atoms with Crippen LogP contribution in [0.2, 0.25) is 0 Å². The zero-order chi connectivity index (χ0) is 24.5. The average Bonchev–Trinajstić information content (AvgIpc) is 2.85. The first-order chi connectivity index (χ1) is 17.0. The lowest BCUT2D eigenvalue weighted by Gasteiger charge is -2.11. The Morgan fingerprint density at radius 1 is 0.857 bits per heavy atom. The third-order valence-corrected chi connectivity index (χ3v) is 6.04. The highest BCUT2D eigenvalue weighted by Gasteiger charge is 2.18. The second-order valence-corrected chi connectivity index (χ2v) is 8.64. The molecule has 0 fully saturated rings. The van der Waals surface area contributed by atoms with Crippen molar-refractivity contribution in [1.82, 2.24) is 0 Å². The van der Waals surface area contributed by atoms with Gasteiger partial charge in [0.15, 0.2) is 11.3 Å². The quantitative estimate of drug-likeness (QED) is 0.249. The first-order valence-electron chi connectivity index (χ1n) is 10.6. The SMILES string of the molecule is COc1ccc2cc(-c3cc(=O)oc4cc(OCc5cccc(Br)c5)ccc34)c(=O)oc2c1OC. The minimum absolute atomic E-state index is 0.227. The summed E-state index contributed by atoms with van der Waals surface area (Å²) in [7, 11) is 2.97. The molecule has 3 aromatic carbocycles. The molecule has 35 heavy (non-hydrogen) atoms. The summed E-state index contributed by atoms with van der Waals surface area (Å²) in [5, 5.41) is 1.19. The standard InChI is InChI=1S/C27H19BrO7/c1-31-22-9-6-16-11-21(27(30)35-25(16)26(22)32-2)20-13-24(29)34-23-12-18(7-8-19(20)23)33-14-15-4-3-5-17(28)10-15/h3-13H,14H2,1-2H3. The molecule has 2 aromatic heterocycles. The first-order valence-corrected chi connectivity index (χ1v) is 11.4. The van der Waals surface area contributed by atoms with Crippen molar-refractivity contribution < 1.29 is 23.0 Å². The number of hydrogen-bond acceptors (Lipinski definition) is 7. The molecule has 2 heterocycles. The van der Waals surface area contributed by atoms with Gasteiger partial charge in [-0.15, -0.1) is 0 Å². The van der Waals surface area contributed by atoms with E-state index >= 15 is 0 Å². The zero-order valence-electron chi connectivity index (χ0n) is 18.8. The second-order valence-electron chi connectivity index (χ2n) is 7.72. The molecule has 176 valence electrons. The molecule has 0 N–H and O–H groups in total. The predicted octanol–water partition coefficient (Wildman–Crippen LogP) is 5.93. The predicted molar refractivity (Wildman–Crippen MR) is 136 cm³/mol.